The molecule has 1 unspecified atom stereocenters. The van der Waals surface area contributed by atoms with Crippen molar-refractivity contribution in [2.75, 3.05) is 19.6 Å². The van der Waals surface area contributed by atoms with Gasteiger partial charge in [0.15, 0.2) is 5.78 Å². The van der Waals surface area contributed by atoms with Crippen LogP contribution in [0.5, 0.6) is 0 Å². The third-order valence-electron chi connectivity index (χ3n) is 5.92. The lowest BCUT2D eigenvalue weighted by Gasteiger charge is -2.31. The van der Waals surface area contributed by atoms with E-state index in [1.165, 1.54) is 0 Å². The monoisotopic (exact) mass is 441 g/mol. The molecule has 2 aliphatic rings. The lowest BCUT2D eigenvalue weighted by atomic mass is 9.76. The first-order valence-corrected chi connectivity index (χ1v) is 11.6. The average Bonchev–Trinajstić information content (AvgIpc) is 3.35. The Morgan fingerprint density at radius 2 is 1.90 bits per heavy atom. The Hall–Kier alpha value is -1.60. The number of Topliss-reactive ketones (excluding diaryl/α,β-unsaturated/α-hetero) is 1. The van der Waals surface area contributed by atoms with Crippen molar-refractivity contribution in [3.63, 3.8) is 0 Å². The van der Waals surface area contributed by atoms with Crippen molar-refractivity contribution in [1.82, 2.24) is 16.0 Å². The number of fused-ring (bicyclic) bond motifs is 2. The Morgan fingerprint density at radius 3 is 2.63 bits per heavy atom. The highest BCUT2D eigenvalue weighted by molar-refractivity contribution is 6.31. The van der Waals surface area contributed by atoms with Gasteiger partial charge in [0.25, 0.3) is 0 Å². The maximum Gasteiger partial charge on any atom is 0.315 e. The Labute approximate surface area is 184 Å². The number of nitrogens with one attached hydrogen (secondary N) is 3. The molecule has 2 heterocycles. The van der Waals surface area contributed by atoms with Crippen molar-refractivity contribution in [3.8, 4) is 0 Å². The number of ether oxygens (including phenoxy) is 1. The molecule has 2 aliphatic heterocycles. The molecule has 2 rings (SSSR count). The number of urea groups is 1. The molecule has 0 saturated carbocycles. The molecule has 5 atom stereocenters. The average molecular weight is 442 g/mol. The van der Waals surface area contributed by atoms with Crippen LogP contribution in [0.3, 0.4) is 0 Å². The van der Waals surface area contributed by atoms with Crippen molar-refractivity contribution in [1.29, 1.82) is 0 Å². The summed E-state index contributed by atoms with van der Waals surface area (Å²) in [7, 11) is 0. The maximum absolute atomic E-state index is 12.6. The summed E-state index contributed by atoms with van der Waals surface area (Å²) in [6, 6.07) is -0.343. The minimum Gasteiger partial charge on any atom is -0.374 e. The molecule has 0 aliphatic carbocycles. The van der Waals surface area contributed by atoms with Crippen LogP contribution in [0, 0.1) is 11.8 Å². The van der Waals surface area contributed by atoms with Gasteiger partial charge in [0.2, 0.25) is 5.91 Å². The Balaban J connectivity index is 1.78. The highest BCUT2D eigenvalue weighted by Crippen LogP contribution is 2.46. The predicted octanol–water partition coefficient (Wildman–Crippen LogP) is 2.92. The molecule has 170 valence electrons. The van der Waals surface area contributed by atoms with Crippen LogP contribution in [0.1, 0.15) is 58.8 Å². The van der Waals surface area contributed by atoms with E-state index in [9.17, 15) is 14.4 Å². The minimum atomic E-state index is -0.588. The number of rotatable bonds is 13. The molecule has 2 fully saturated rings. The van der Waals surface area contributed by atoms with Gasteiger partial charge in [-0.2, -0.15) is 0 Å². The van der Waals surface area contributed by atoms with Gasteiger partial charge in [-0.25, -0.2) is 4.79 Å². The Morgan fingerprint density at radius 1 is 1.13 bits per heavy atom. The second-order valence-electron chi connectivity index (χ2n) is 8.13. The van der Waals surface area contributed by atoms with E-state index in [4.69, 9.17) is 16.3 Å². The highest BCUT2D eigenvalue weighted by Gasteiger charge is 2.52. The first kappa shape index (κ1) is 24.7. The zero-order valence-electron chi connectivity index (χ0n) is 18.1. The summed E-state index contributed by atoms with van der Waals surface area (Å²) in [6.45, 7) is 4.92. The number of amides is 3. The summed E-state index contributed by atoms with van der Waals surface area (Å²) in [6.07, 6.45) is 9.91. The van der Waals surface area contributed by atoms with Gasteiger partial charge in [0.05, 0.1) is 24.1 Å². The van der Waals surface area contributed by atoms with E-state index in [1.54, 1.807) is 0 Å². The quantitative estimate of drug-likeness (QED) is 0.232. The third kappa shape index (κ3) is 7.27. The van der Waals surface area contributed by atoms with Crippen molar-refractivity contribution in [2.45, 2.75) is 76.4 Å². The molecule has 0 radical (unpaired) electrons. The van der Waals surface area contributed by atoms with Gasteiger partial charge in [-0.05, 0) is 39.0 Å². The van der Waals surface area contributed by atoms with Crippen LogP contribution >= 0.6 is 11.6 Å². The summed E-state index contributed by atoms with van der Waals surface area (Å²) in [5, 5.41) is 7.55. The minimum absolute atomic E-state index is 0.0126. The van der Waals surface area contributed by atoms with Crippen molar-refractivity contribution < 1.29 is 19.1 Å². The molecule has 30 heavy (non-hydrogen) atoms. The highest BCUT2D eigenvalue weighted by atomic mass is 35.5. The zero-order valence-corrected chi connectivity index (χ0v) is 18.9. The van der Waals surface area contributed by atoms with Crippen LogP contribution in [-0.2, 0) is 14.3 Å². The van der Waals surface area contributed by atoms with Gasteiger partial charge in [-0.15, -0.1) is 11.6 Å². The van der Waals surface area contributed by atoms with Crippen LogP contribution in [0.25, 0.3) is 0 Å². The molecule has 0 aromatic heterocycles. The van der Waals surface area contributed by atoms with Gasteiger partial charge in [-0.3, -0.25) is 9.59 Å². The number of hydrogen-bond acceptors (Lipinski definition) is 4. The number of unbranched alkanes of at least 4 members (excludes halogenated alkanes) is 2. The molecule has 2 saturated heterocycles. The molecule has 0 aromatic rings. The van der Waals surface area contributed by atoms with Crippen molar-refractivity contribution >= 4 is 29.3 Å². The number of halogens is 1. The fraction of sp³-hybridized carbons (Fsp3) is 0.773. The smallest absolute Gasteiger partial charge is 0.315 e. The van der Waals surface area contributed by atoms with E-state index in [0.29, 0.717) is 19.5 Å². The second kappa shape index (κ2) is 13.0. The molecule has 7 nitrogen and oxygen atoms in total. The largest absolute Gasteiger partial charge is 0.374 e. The van der Waals surface area contributed by atoms with Gasteiger partial charge >= 0.3 is 6.03 Å². The van der Waals surface area contributed by atoms with Gasteiger partial charge in [0, 0.05) is 31.3 Å². The number of allylic oxidation sites excluding steroid dienone is 2. The lowest BCUT2D eigenvalue weighted by Crippen LogP contribution is -2.46. The fourth-order valence-electron chi connectivity index (χ4n) is 4.29. The van der Waals surface area contributed by atoms with Crippen LogP contribution in [-0.4, -0.2) is 54.9 Å². The van der Waals surface area contributed by atoms with Crippen molar-refractivity contribution in [3.05, 3.63) is 12.2 Å². The van der Waals surface area contributed by atoms with Crippen molar-refractivity contribution in [2.24, 2.45) is 11.8 Å². The topological polar surface area (TPSA) is 96.5 Å². The Bertz CT molecular complexity index is 613. The van der Waals surface area contributed by atoms with Crippen LogP contribution < -0.4 is 16.0 Å². The molecule has 0 spiro atoms. The maximum atomic E-state index is 12.6. The number of carbonyl (C=O) groups is 3. The van der Waals surface area contributed by atoms with E-state index in [2.05, 4.69) is 16.0 Å². The summed E-state index contributed by atoms with van der Waals surface area (Å²) in [5.41, 5.74) is 0. The van der Waals surface area contributed by atoms with Gasteiger partial charge in [0.1, 0.15) is 0 Å². The first-order chi connectivity index (χ1) is 14.5. The second-order valence-corrected chi connectivity index (χ2v) is 8.60. The zero-order chi connectivity index (χ0) is 21.9. The lowest BCUT2D eigenvalue weighted by molar-refractivity contribution is -0.120. The summed E-state index contributed by atoms with van der Waals surface area (Å²) in [5.74, 6) is -0.256. The van der Waals surface area contributed by atoms with E-state index in [1.807, 2.05) is 26.0 Å². The van der Waals surface area contributed by atoms with E-state index < -0.39 is 5.38 Å². The standard InChI is InChI=1S/C22H36ClN3O4/c1-3-5-7-8-9-16(27)21(23)20-15(17-10-11-18(20)30-17)13-25-19(28)14-26-22(29)24-12-6-4-2/h3,5,15,17-18,20-21H,4,6-14H2,1-2H3,(H,25,28)(H2,24,26,29)/t15-,17+,18?,20-,21+/m0/s1. The van der Waals surface area contributed by atoms with Gasteiger partial charge in [-0.1, -0.05) is 25.5 Å². The van der Waals surface area contributed by atoms with Crippen LogP contribution in [0.2, 0.25) is 0 Å². The Kier molecular flexibility index (Phi) is 10.6. The third-order valence-corrected chi connectivity index (χ3v) is 6.46. The molecule has 8 heteroatoms. The number of hydrogen-bond donors (Lipinski definition) is 3. The molecular formula is C22H36ClN3O4. The number of carbonyl (C=O) groups excluding carboxylic acids is 3. The van der Waals surface area contributed by atoms with Crippen LogP contribution in [0.4, 0.5) is 4.79 Å². The normalized spacial score (nSPS) is 26.0. The van der Waals surface area contributed by atoms with E-state index in [0.717, 1.165) is 38.5 Å². The molecule has 3 amide bonds. The van der Waals surface area contributed by atoms with E-state index in [-0.39, 0.29) is 48.3 Å². The van der Waals surface area contributed by atoms with Crippen LogP contribution in [0.15, 0.2) is 12.2 Å². The SMILES string of the molecule is CC=CCCCC(=O)[C@@H](Cl)[C@@H]1C2CC[C@@H](O2)[C@@H]1CNC(=O)CNC(=O)NCCCC. The molecule has 3 N–H and O–H groups in total. The van der Waals surface area contributed by atoms with Gasteiger partial charge < -0.3 is 20.7 Å². The number of alkyl halides is 1. The first-order valence-electron chi connectivity index (χ1n) is 11.2. The summed E-state index contributed by atoms with van der Waals surface area (Å²) < 4.78 is 6.02. The molecular weight excluding hydrogens is 406 g/mol. The summed E-state index contributed by atoms with van der Waals surface area (Å²) in [4.78, 5) is 36.4. The molecule has 2 bridgehead atoms. The van der Waals surface area contributed by atoms with E-state index >= 15 is 0 Å². The number of ketones is 1. The predicted molar refractivity (Wildman–Crippen MR) is 118 cm³/mol. The fourth-order valence-corrected chi connectivity index (χ4v) is 4.75. The summed E-state index contributed by atoms with van der Waals surface area (Å²) >= 11 is 6.59. The molecule has 0 aromatic carbocycles.